The maximum atomic E-state index is 12.8. The number of ether oxygens (including phenoxy) is 3. The van der Waals surface area contributed by atoms with Crippen molar-refractivity contribution in [2.45, 2.75) is 316 Å². The molecule has 0 bridgehead atoms. The maximum Gasteiger partial charge on any atom is 0.306 e. The molecule has 62 heavy (non-hydrogen) atoms. The number of unbranched alkanes of at least 4 members (excludes halogenated alkanes) is 38. The van der Waals surface area contributed by atoms with Crippen molar-refractivity contribution in [2.75, 3.05) is 13.2 Å². The summed E-state index contributed by atoms with van der Waals surface area (Å²) in [5.74, 6) is -0.849. The average molecular weight is 875 g/mol. The number of carbonyl (C=O) groups excluding carboxylic acids is 3. The maximum absolute atomic E-state index is 12.8. The largest absolute Gasteiger partial charge is 0.462 e. The average Bonchev–Trinajstić information content (AvgIpc) is 3.27. The van der Waals surface area contributed by atoms with E-state index < -0.39 is 6.10 Å². The number of carbonyl (C=O) groups is 3. The third-order valence-electron chi connectivity index (χ3n) is 12.5. The van der Waals surface area contributed by atoms with Crippen LogP contribution in [0, 0.1) is 0 Å². The van der Waals surface area contributed by atoms with Gasteiger partial charge in [0.1, 0.15) is 13.2 Å². The molecule has 0 aliphatic heterocycles. The standard InChI is InChI=1S/C56H106O6/c1-4-7-10-13-16-19-22-25-27-29-32-34-37-40-43-46-49-55(58)61-52-53(62-56(59)50-47-44-41-38-35-30-24-21-18-15-12-9-6-3)51-60-54(57)48-45-42-39-36-33-31-28-26-23-20-17-14-11-8-5-2/h22,25,53H,4-21,23-24,26-52H2,1-3H3/b25-22-/t53-/m0/s1. The van der Waals surface area contributed by atoms with E-state index in [9.17, 15) is 14.4 Å². The molecular weight excluding hydrogens is 769 g/mol. The zero-order valence-electron chi connectivity index (χ0n) is 41.9. The second kappa shape index (κ2) is 51.8. The SMILES string of the molecule is CCCCCCC/C=C\CCCCCCCCCC(=O)OC[C@H](COC(=O)CCCCCCCCCCCCCCCCC)OC(=O)CCCCCCCCCCCCCCC. The summed E-state index contributed by atoms with van der Waals surface area (Å²) in [6.07, 6.45) is 57.6. The Bertz CT molecular complexity index is 962. The van der Waals surface area contributed by atoms with Gasteiger partial charge >= 0.3 is 17.9 Å². The van der Waals surface area contributed by atoms with Gasteiger partial charge in [0.2, 0.25) is 0 Å². The fourth-order valence-electron chi connectivity index (χ4n) is 8.32. The summed E-state index contributed by atoms with van der Waals surface area (Å²) in [5, 5.41) is 0. The first-order chi connectivity index (χ1) is 30.5. The quantitative estimate of drug-likeness (QED) is 0.0262. The predicted octanol–water partition coefficient (Wildman–Crippen LogP) is 18.2. The molecule has 6 heteroatoms. The molecule has 0 N–H and O–H groups in total. The summed E-state index contributed by atoms with van der Waals surface area (Å²) < 4.78 is 16.8. The third-order valence-corrected chi connectivity index (χ3v) is 12.5. The highest BCUT2D eigenvalue weighted by Crippen LogP contribution is 2.17. The van der Waals surface area contributed by atoms with Gasteiger partial charge in [0.15, 0.2) is 6.10 Å². The Hall–Kier alpha value is -1.85. The Labute approximate surface area is 386 Å². The van der Waals surface area contributed by atoms with Crippen LogP contribution >= 0.6 is 0 Å². The van der Waals surface area contributed by atoms with Crippen molar-refractivity contribution in [1.29, 1.82) is 0 Å². The van der Waals surface area contributed by atoms with Gasteiger partial charge in [-0.15, -0.1) is 0 Å². The van der Waals surface area contributed by atoms with Crippen LogP contribution in [0.25, 0.3) is 0 Å². The van der Waals surface area contributed by atoms with Crippen LogP contribution in [-0.2, 0) is 28.6 Å². The highest BCUT2D eigenvalue weighted by molar-refractivity contribution is 5.71. The minimum Gasteiger partial charge on any atom is -0.462 e. The van der Waals surface area contributed by atoms with Gasteiger partial charge in [0, 0.05) is 19.3 Å². The predicted molar refractivity (Wildman–Crippen MR) is 266 cm³/mol. The van der Waals surface area contributed by atoms with Crippen molar-refractivity contribution >= 4 is 17.9 Å². The molecule has 0 aliphatic rings. The van der Waals surface area contributed by atoms with Crippen LogP contribution in [0.5, 0.6) is 0 Å². The van der Waals surface area contributed by atoms with E-state index in [1.54, 1.807) is 0 Å². The summed E-state index contributed by atoms with van der Waals surface area (Å²) in [7, 11) is 0. The van der Waals surface area contributed by atoms with Crippen LogP contribution < -0.4 is 0 Å². The highest BCUT2D eigenvalue weighted by atomic mass is 16.6. The summed E-state index contributed by atoms with van der Waals surface area (Å²) in [6.45, 7) is 6.67. The number of hydrogen-bond acceptors (Lipinski definition) is 6. The smallest absolute Gasteiger partial charge is 0.306 e. The third kappa shape index (κ3) is 49.2. The van der Waals surface area contributed by atoms with Gasteiger partial charge in [0.05, 0.1) is 0 Å². The zero-order chi connectivity index (χ0) is 45.1. The van der Waals surface area contributed by atoms with E-state index in [0.717, 1.165) is 57.8 Å². The van der Waals surface area contributed by atoms with Crippen LogP contribution in [0.1, 0.15) is 310 Å². The molecule has 6 nitrogen and oxygen atoms in total. The van der Waals surface area contributed by atoms with E-state index in [0.29, 0.717) is 19.3 Å². The molecule has 0 rings (SSSR count). The molecule has 1 atom stereocenters. The Kier molecular flexibility index (Phi) is 50.2. The first-order valence-electron chi connectivity index (χ1n) is 27.7. The molecule has 0 aromatic heterocycles. The fraction of sp³-hybridized carbons (Fsp3) is 0.911. The van der Waals surface area contributed by atoms with Crippen molar-refractivity contribution in [3.63, 3.8) is 0 Å². The van der Waals surface area contributed by atoms with E-state index >= 15 is 0 Å². The first-order valence-corrected chi connectivity index (χ1v) is 27.7. The van der Waals surface area contributed by atoms with Crippen molar-refractivity contribution in [1.82, 2.24) is 0 Å². The number of allylic oxidation sites excluding steroid dienone is 2. The molecule has 0 amide bonds. The normalized spacial score (nSPS) is 12.0. The monoisotopic (exact) mass is 875 g/mol. The lowest BCUT2D eigenvalue weighted by Gasteiger charge is -2.18. The summed E-state index contributed by atoms with van der Waals surface area (Å²) in [5.41, 5.74) is 0. The van der Waals surface area contributed by atoms with Gasteiger partial charge in [-0.25, -0.2) is 0 Å². The molecule has 0 unspecified atom stereocenters. The minimum absolute atomic E-state index is 0.0654. The summed E-state index contributed by atoms with van der Waals surface area (Å²) in [6, 6.07) is 0. The zero-order valence-corrected chi connectivity index (χ0v) is 41.9. The number of rotatable bonds is 51. The lowest BCUT2D eigenvalue weighted by Crippen LogP contribution is -2.30. The molecule has 0 saturated heterocycles. The van der Waals surface area contributed by atoms with Crippen molar-refractivity contribution in [3.05, 3.63) is 12.2 Å². The van der Waals surface area contributed by atoms with Crippen molar-refractivity contribution < 1.29 is 28.6 Å². The van der Waals surface area contributed by atoms with Crippen molar-refractivity contribution in [2.24, 2.45) is 0 Å². The molecule has 0 heterocycles. The van der Waals surface area contributed by atoms with Gasteiger partial charge in [-0.1, -0.05) is 258 Å². The fourth-order valence-corrected chi connectivity index (χ4v) is 8.32. The van der Waals surface area contributed by atoms with Gasteiger partial charge in [-0.3, -0.25) is 14.4 Å². The van der Waals surface area contributed by atoms with Crippen LogP contribution in [0.15, 0.2) is 12.2 Å². The van der Waals surface area contributed by atoms with Gasteiger partial charge < -0.3 is 14.2 Å². The molecule has 0 aliphatic carbocycles. The van der Waals surface area contributed by atoms with Crippen LogP contribution in [0.4, 0.5) is 0 Å². The Morgan fingerprint density at radius 1 is 0.306 bits per heavy atom. The number of hydrogen-bond donors (Lipinski definition) is 0. The Morgan fingerprint density at radius 2 is 0.532 bits per heavy atom. The highest BCUT2D eigenvalue weighted by Gasteiger charge is 2.19. The van der Waals surface area contributed by atoms with E-state index in [4.69, 9.17) is 14.2 Å². The molecule has 0 radical (unpaired) electrons. The second-order valence-corrected chi connectivity index (χ2v) is 18.9. The van der Waals surface area contributed by atoms with E-state index in [1.165, 1.54) is 212 Å². The summed E-state index contributed by atoms with van der Waals surface area (Å²) in [4.78, 5) is 38.0. The van der Waals surface area contributed by atoms with Gasteiger partial charge in [-0.05, 0) is 44.9 Å². The summed E-state index contributed by atoms with van der Waals surface area (Å²) >= 11 is 0. The van der Waals surface area contributed by atoms with E-state index in [1.807, 2.05) is 0 Å². The van der Waals surface area contributed by atoms with Gasteiger partial charge in [-0.2, -0.15) is 0 Å². The molecule has 0 spiro atoms. The first kappa shape index (κ1) is 60.2. The molecular formula is C56H106O6. The van der Waals surface area contributed by atoms with Gasteiger partial charge in [0.25, 0.3) is 0 Å². The molecule has 0 aromatic carbocycles. The molecule has 0 fully saturated rings. The minimum atomic E-state index is -0.765. The lowest BCUT2D eigenvalue weighted by molar-refractivity contribution is -0.167. The molecule has 366 valence electrons. The Balaban J connectivity index is 4.31. The number of esters is 3. The molecule has 0 aromatic rings. The molecule has 0 saturated carbocycles. The van der Waals surface area contributed by atoms with Crippen LogP contribution in [0.3, 0.4) is 0 Å². The van der Waals surface area contributed by atoms with Crippen LogP contribution in [-0.4, -0.2) is 37.2 Å². The van der Waals surface area contributed by atoms with Crippen molar-refractivity contribution in [3.8, 4) is 0 Å². The topological polar surface area (TPSA) is 78.9 Å². The second-order valence-electron chi connectivity index (χ2n) is 18.9. The van der Waals surface area contributed by atoms with E-state index in [2.05, 4.69) is 32.9 Å². The Morgan fingerprint density at radius 3 is 0.806 bits per heavy atom. The van der Waals surface area contributed by atoms with Crippen LogP contribution in [0.2, 0.25) is 0 Å². The van der Waals surface area contributed by atoms with E-state index in [-0.39, 0.29) is 31.1 Å². The lowest BCUT2D eigenvalue weighted by atomic mass is 10.0.